The summed E-state index contributed by atoms with van der Waals surface area (Å²) in [6, 6.07) is 0.225. The molecule has 0 bridgehead atoms. The number of rotatable bonds is 6. The maximum absolute atomic E-state index is 7.43. The molecule has 132 valence electrons. The van der Waals surface area contributed by atoms with Crippen molar-refractivity contribution in [2.24, 2.45) is 22.2 Å². The van der Waals surface area contributed by atoms with Gasteiger partial charge in [-0.1, -0.05) is 13.8 Å². The van der Waals surface area contributed by atoms with Gasteiger partial charge in [0, 0.05) is 25.7 Å². The highest BCUT2D eigenvalue weighted by Crippen LogP contribution is 2.17. The van der Waals surface area contributed by atoms with Gasteiger partial charge in [-0.15, -0.1) is 24.8 Å². The van der Waals surface area contributed by atoms with Gasteiger partial charge in [0.25, 0.3) is 0 Å². The minimum Gasteiger partial charge on any atom is -0.370 e. The van der Waals surface area contributed by atoms with E-state index in [0.29, 0.717) is 0 Å². The molecule has 1 aliphatic heterocycles. The molecule has 1 rings (SSSR count). The van der Waals surface area contributed by atoms with E-state index in [1.807, 2.05) is 0 Å². The van der Waals surface area contributed by atoms with Crippen LogP contribution in [0.25, 0.3) is 0 Å². The molecule has 1 heterocycles. The Bertz CT molecular complexity index is 348. The molecule has 9 N–H and O–H groups in total. The summed E-state index contributed by atoms with van der Waals surface area (Å²) in [5, 5.41) is 13.8. The molecule has 0 spiro atoms. The zero-order valence-corrected chi connectivity index (χ0v) is 14.8. The van der Waals surface area contributed by atoms with Gasteiger partial charge >= 0.3 is 0 Å². The Balaban J connectivity index is 0. The molecule has 0 amide bonds. The van der Waals surface area contributed by atoms with Crippen LogP contribution in [0.2, 0.25) is 0 Å². The van der Waals surface area contributed by atoms with Crippen molar-refractivity contribution in [2.45, 2.75) is 44.9 Å². The molecular weight excluding hydrogens is 327 g/mol. The summed E-state index contributed by atoms with van der Waals surface area (Å²) < 4.78 is 0. The van der Waals surface area contributed by atoms with Crippen molar-refractivity contribution in [3.63, 3.8) is 0 Å². The molecule has 0 radical (unpaired) electrons. The first-order chi connectivity index (χ1) is 9.49. The molecule has 1 aliphatic rings. The molecule has 0 aromatic carbocycles. The summed E-state index contributed by atoms with van der Waals surface area (Å²) in [6.07, 6.45) is 1.74. The predicted octanol–water partition coefficient (Wildman–Crippen LogP) is -0.625. The molecule has 1 fully saturated rings. The summed E-state index contributed by atoms with van der Waals surface area (Å²) >= 11 is 0. The average molecular weight is 357 g/mol. The highest BCUT2D eigenvalue weighted by Gasteiger charge is 2.33. The normalized spacial score (nSPS) is 20.7. The third-order valence-corrected chi connectivity index (χ3v) is 3.61. The zero-order valence-electron chi connectivity index (χ0n) is 13.2. The van der Waals surface area contributed by atoms with Gasteiger partial charge in [0.05, 0.1) is 12.2 Å². The minimum absolute atomic E-state index is 0. The Morgan fingerprint density at radius 1 is 1.32 bits per heavy atom. The van der Waals surface area contributed by atoms with Crippen molar-refractivity contribution in [2.75, 3.05) is 19.6 Å². The number of guanidine groups is 2. The highest BCUT2D eigenvalue weighted by molar-refractivity contribution is 5.85. The van der Waals surface area contributed by atoms with Gasteiger partial charge in [0.1, 0.15) is 0 Å². The van der Waals surface area contributed by atoms with E-state index in [0.717, 1.165) is 32.5 Å². The third kappa shape index (κ3) is 6.87. The fourth-order valence-corrected chi connectivity index (χ4v) is 2.73. The van der Waals surface area contributed by atoms with Crippen LogP contribution in [0.15, 0.2) is 4.99 Å². The number of aliphatic imine (C=N–C) groups is 1. The Hall–Kier alpha value is -0.960. The van der Waals surface area contributed by atoms with Crippen LogP contribution in [-0.2, 0) is 0 Å². The van der Waals surface area contributed by atoms with Gasteiger partial charge in [-0.3, -0.25) is 10.3 Å². The van der Waals surface area contributed by atoms with Crippen molar-refractivity contribution >= 4 is 36.7 Å². The summed E-state index contributed by atoms with van der Waals surface area (Å²) in [6.45, 7) is 6.75. The van der Waals surface area contributed by atoms with Gasteiger partial charge in [0.15, 0.2) is 11.9 Å². The van der Waals surface area contributed by atoms with E-state index in [9.17, 15) is 0 Å². The second-order valence-electron chi connectivity index (χ2n) is 5.02. The van der Waals surface area contributed by atoms with Gasteiger partial charge in [-0.05, 0) is 12.8 Å². The second kappa shape index (κ2) is 11.6. The van der Waals surface area contributed by atoms with Crippen molar-refractivity contribution in [3.05, 3.63) is 0 Å². The summed E-state index contributed by atoms with van der Waals surface area (Å²) in [5.41, 5.74) is 16.5. The topological polar surface area (TPSA) is 142 Å². The van der Waals surface area contributed by atoms with Gasteiger partial charge in [0.2, 0.25) is 0 Å². The van der Waals surface area contributed by atoms with Crippen molar-refractivity contribution in [1.29, 1.82) is 5.41 Å². The highest BCUT2D eigenvalue weighted by atomic mass is 35.5. The van der Waals surface area contributed by atoms with E-state index in [-0.39, 0.29) is 55.0 Å². The number of nitrogens with zero attached hydrogens (tertiary/aromatic N) is 2. The first-order valence-corrected chi connectivity index (χ1v) is 7.15. The first kappa shape index (κ1) is 23.3. The number of nitrogens with one attached hydrogen (secondary N) is 3. The van der Waals surface area contributed by atoms with E-state index < -0.39 is 0 Å². The van der Waals surface area contributed by atoms with Crippen LogP contribution in [0.3, 0.4) is 0 Å². The molecule has 0 aromatic heterocycles. The van der Waals surface area contributed by atoms with Crippen molar-refractivity contribution in [1.82, 2.24) is 15.5 Å². The standard InChI is InChI=1S/C12H28N8.2ClH/c1-3-8(18-11(13)14)9-7-17-5-6-20(9)10(4-2)19-12(15)16;;/h8-10,17H,3-7H2,1-2H3,(H4,13,14,18)(H4,15,16,19);2*1H. The molecule has 3 unspecified atom stereocenters. The monoisotopic (exact) mass is 356 g/mol. The van der Waals surface area contributed by atoms with E-state index in [1.165, 1.54) is 0 Å². The Morgan fingerprint density at radius 3 is 2.41 bits per heavy atom. The first-order valence-electron chi connectivity index (χ1n) is 7.15. The number of piperazine rings is 1. The van der Waals surface area contributed by atoms with Crippen LogP contribution in [0, 0.1) is 5.41 Å². The molecule has 8 nitrogen and oxygen atoms in total. The number of halogens is 2. The van der Waals surface area contributed by atoms with Crippen molar-refractivity contribution < 1.29 is 0 Å². The lowest BCUT2D eigenvalue weighted by Crippen LogP contribution is -2.63. The maximum atomic E-state index is 7.43. The van der Waals surface area contributed by atoms with E-state index >= 15 is 0 Å². The number of nitrogens with two attached hydrogens (primary N) is 3. The van der Waals surface area contributed by atoms with Gasteiger partial charge < -0.3 is 27.8 Å². The van der Waals surface area contributed by atoms with Crippen LogP contribution < -0.4 is 27.8 Å². The number of hydrogen-bond donors (Lipinski definition) is 6. The molecule has 10 heteroatoms. The Labute approximate surface area is 145 Å². The second-order valence-corrected chi connectivity index (χ2v) is 5.02. The molecule has 3 atom stereocenters. The van der Waals surface area contributed by atoms with Crippen LogP contribution in [0.1, 0.15) is 26.7 Å². The van der Waals surface area contributed by atoms with Gasteiger partial charge in [-0.25, -0.2) is 4.99 Å². The lowest BCUT2D eigenvalue weighted by atomic mass is 10.0. The Morgan fingerprint density at radius 2 is 1.95 bits per heavy atom. The fraction of sp³-hybridized carbons (Fsp3) is 0.833. The average Bonchev–Trinajstić information content (AvgIpc) is 2.42. The SMILES string of the molecule is CCC(N=C(N)N)C1CNCCN1C(CC)NC(=N)N.Cl.Cl. The molecule has 1 saturated heterocycles. The van der Waals surface area contributed by atoms with E-state index in [2.05, 4.69) is 34.4 Å². The number of hydrogen-bond acceptors (Lipinski definition) is 4. The molecular formula is C12H30Cl2N8. The molecule has 0 aromatic rings. The molecule has 0 saturated carbocycles. The lowest BCUT2D eigenvalue weighted by molar-refractivity contribution is 0.0777. The summed E-state index contributed by atoms with van der Waals surface area (Å²) in [7, 11) is 0. The van der Waals surface area contributed by atoms with Gasteiger partial charge in [-0.2, -0.15) is 0 Å². The van der Waals surface area contributed by atoms with Crippen LogP contribution >= 0.6 is 24.8 Å². The van der Waals surface area contributed by atoms with Crippen molar-refractivity contribution in [3.8, 4) is 0 Å². The third-order valence-electron chi connectivity index (χ3n) is 3.61. The molecule has 0 aliphatic carbocycles. The fourth-order valence-electron chi connectivity index (χ4n) is 2.73. The summed E-state index contributed by atoms with van der Waals surface area (Å²) in [4.78, 5) is 6.65. The maximum Gasteiger partial charge on any atom is 0.186 e. The lowest BCUT2D eigenvalue weighted by Gasteiger charge is -2.43. The zero-order chi connectivity index (χ0) is 15.1. The Kier molecular flexibility index (Phi) is 12.3. The van der Waals surface area contributed by atoms with Crippen LogP contribution in [0.4, 0.5) is 0 Å². The van der Waals surface area contributed by atoms with Crippen LogP contribution in [-0.4, -0.2) is 54.7 Å². The van der Waals surface area contributed by atoms with E-state index in [4.69, 9.17) is 22.6 Å². The quantitative estimate of drug-likeness (QED) is 0.276. The summed E-state index contributed by atoms with van der Waals surface area (Å²) in [5.74, 6) is 0.110. The largest absolute Gasteiger partial charge is 0.370 e. The van der Waals surface area contributed by atoms with E-state index in [1.54, 1.807) is 0 Å². The smallest absolute Gasteiger partial charge is 0.186 e. The predicted molar refractivity (Wildman–Crippen MR) is 96.9 cm³/mol. The minimum atomic E-state index is -0.0102. The van der Waals surface area contributed by atoms with Crippen LogP contribution in [0.5, 0.6) is 0 Å². The molecule has 22 heavy (non-hydrogen) atoms.